The van der Waals surface area contributed by atoms with Crippen molar-refractivity contribution in [2.45, 2.75) is 24.3 Å². The topological polar surface area (TPSA) is 42.3 Å². The minimum atomic E-state index is -0.127. The molecule has 7 heteroatoms. The number of carbonyl (C=O) groups excluding carboxylic acids is 1. The Hall–Kier alpha value is -1.21. The fraction of sp³-hybridized carbons (Fsp3) is 0.294. The molecule has 126 valence electrons. The van der Waals surface area contributed by atoms with Crippen molar-refractivity contribution in [2.24, 2.45) is 0 Å². The predicted molar refractivity (Wildman–Crippen MR) is 105 cm³/mol. The molecule has 1 fully saturated rings. The van der Waals surface area contributed by atoms with Crippen LogP contribution >= 0.6 is 30.1 Å². The van der Waals surface area contributed by atoms with Gasteiger partial charge in [0.05, 0.1) is 0 Å². The van der Waals surface area contributed by atoms with Crippen LogP contribution in [0.5, 0.6) is 0 Å². The summed E-state index contributed by atoms with van der Waals surface area (Å²) in [5.74, 6) is 0.0668. The zero-order chi connectivity index (χ0) is 17.3. The SMILES string of the molecule is O=C1C[C@H](c2ccc(Cl)cc2)CN1c1cccn(CC(P)P)c1=O. The minimum Gasteiger partial charge on any atom is -0.313 e. The number of aromatic nitrogens is 1. The average Bonchev–Trinajstić information content (AvgIpc) is 2.91. The smallest absolute Gasteiger partial charge is 0.274 e. The van der Waals surface area contributed by atoms with Crippen molar-refractivity contribution in [3.8, 4) is 0 Å². The number of rotatable bonds is 4. The highest BCUT2D eigenvalue weighted by atomic mass is 35.5. The van der Waals surface area contributed by atoms with Crippen LogP contribution in [0.2, 0.25) is 5.02 Å². The number of hydrogen-bond acceptors (Lipinski definition) is 2. The number of pyridine rings is 1. The van der Waals surface area contributed by atoms with Crippen molar-refractivity contribution in [2.75, 3.05) is 11.4 Å². The van der Waals surface area contributed by atoms with Crippen LogP contribution in [0.3, 0.4) is 0 Å². The molecule has 0 radical (unpaired) electrons. The highest BCUT2D eigenvalue weighted by Crippen LogP contribution is 2.31. The van der Waals surface area contributed by atoms with E-state index in [-0.39, 0.29) is 22.8 Å². The molecule has 1 aromatic carbocycles. The zero-order valence-electron chi connectivity index (χ0n) is 13.1. The van der Waals surface area contributed by atoms with E-state index in [4.69, 9.17) is 11.6 Å². The van der Waals surface area contributed by atoms with Crippen LogP contribution in [0.1, 0.15) is 17.9 Å². The second kappa shape index (κ2) is 7.35. The van der Waals surface area contributed by atoms with Crippen molar-refractivity contribution in [1.29, 1.82) is 0 Å². The van der Waals surface area contributed by atoms with E-state index in [1.165, 1.54) is 0 Å². The van der Waals surface area contributed by atoms with Crippen LogP contribution in [0, 0.1) is 0 Å². The summed E-state index contributed by atoms with van der Waals surface area (Å²) < 4.78 is 1.64. The number of nitrogens with zero attached hydrogens (tertiary/aromatic N) is 2. The maximum atomic E-state index is 12.7. The third-order valence-corrected chi connectivity index (χ3v) is 4.84. The van der Waals surface area contributed by atoms with Gasteiger partial charge in [0.15, 0.2) is 0 Å². The standard InChI is InChI=1S/C17H19ClN2O2P2/c18-13-5-3-11(4-6-13)12-8-15(21)20(9-12)14-2-1-7-19(17(14)22)10-16(23)24/h1-7,12,16H,8-10,23-24H2/t12-/m0/s1. The summed E-state index contributed by atoms with van der Waals surface area (Å²) in [6.45, 7) is 1.09. The molecule has 24 heavy (non-hydrogen) atoms. The first-order valence-electron chi connectivity index (χ1n) is 7.72. The van der Waals surface area contributed by atoms with Crippen LogP contribution in [-0.4, -0.2) is 22.4 Å². The van der Waals surface area contributed by atoms with Gasteiger partial charge in [0, 0.05) is 42.0 Å². The Morgan fingerprint density at radius 2 is 1.88 bits per heavy atom. The van der Waals surface area contributed by atoms with Crippen LogP contribution in [0.15, 0.2) is 47.4 Å². The molecular formula is C17H19ClN2O2P2. The summed E-state index contributed by atoms with van der Waals surface area (Å²) in [6, 6.07) is 11.1. The fourth-order valence-electron chi connectivity index (χ4n) is 3.00. The molecule has 3 atom stereocenters. The molecule has 2 aromatic rings. The summed E-state index contributed by atoms with van der Waals surface area (Å²) in [7, 11) is 5.30. The maximum Gasteiger partial charge on any atom is 0.274 e. The lowest BCUT2D eigenvalue weighted by molar-refractivity contribution is -0.117. The van der Waals surface area contributed by atoms with Crippen molar-refractivity contribution >= 4 is 41.7 Å². The predicted octanol–water partition coefficient (Wildman–Crippen LogP) is 3.10. The average molecular weight is 381 g/mol. The fourth-order valence-corrected chi connectivity index (χ4v) is 3.58. The number of amides is 1. The summed E-state index contributed by atoms with van der Waals surface area (Å²) in [6.07, 6.45) is 2.16. The van der Waals surface area contributed by atoms with E-state index < -0.39 is 0 Å². The van der Waals surface area contributed by atoms with Crippen molar-refractivity contribution < 1.29 is 4.79 Å². The van der Waals surface area contributed by atoms with Crippen molar-refractivity contribution in [3.05, 3.63) is 63.5 Å². The number of hydrogen-bond donors (Lipinski definition) is 0. The molecule has 1 aromatic heterocycles. The monoisotopic (exact) mass is 380 g/mol. The van der Waals surface area contributed by atoms with Crippen molar-refractivity contribution in [1.82, 2.24) is 4.57 Å². The van der Waals surface area contributed by atoms with Crippen molar-refractivity contribution in [3.63, 3.8) is 0 Å². The minimum absolute atomic E-state index is 0.0157. The summed E-state index contributed by atoms with van der Waals surface area (Å²) in [5.41, 5.74) is 1.40. The van der Waals surface area contributed by atoms with E-state index in [1.807, 2.05) is 30.3 Å². The van der Waals surface area contributed by atoms with E-state index in [9.17, 15) is 9.59 Å². The number of anilines is 1. The third kappa shape index (κ3) is 3.72. The van der Waals surface area contributed by atoms with Gasteiger partial charge in [0.2, 0.25) is 5.91 Å². The summed E-state index contributed by atoms with van der Waals surface area (Å²) in [4.78, 5) is 26.7. The first kappa shape index (κ1) is 17.6. The Balaban J connectivity index is 1.87. The Labute approximate surface area is 150 Å². The molecule has 4 nitrogen and oxygen atoms in total. The number of benzene rings is 1. The Kier molecular flexibility index (Phi) is 5.39. The molecule has 0 aliphatic carbocycles. The Bertz CT molecular complexity index is 805. The van der Waals surface area contributed by atoms with Crippen LogP contribution in [0.4, 0.5) is 5.69 Å². The second-order valence-electron chi connectivity index (χ2n) is 5.97. The highest BCUT2D eigenvalue weighted by molar-refractivity contribution is 7.37. The highest BCUT2D eigenvalue weighted by Gasteiger charge is 2.33. The van der Waals surface area contributed by atoms with Gasteiger partial charge in [-0.1, -0.05) is 23.7 Å². The van der Waals surface area contributed by atoms with Gasteiger partial charge < -0.3 is 9.47 Å². The molecule has 0 N–H and O–H groups in total. The van der Waals surface area contributed by atoms with Gasteiger partial charge in [-0.25, -0.2) is 0 Å². The Morgan fingerprint density at radius 3 is 2.54 bits per heavy atom. The lowest BCUT2D eigenvalue weighted by atomic mass is 9.98. The van der Waals surface area contributed by atoms with Crippen LogP contribution in [0.25, 0.3) is 0 Å². The molecule has 2 heterocycles. The van der Waals surface area contributed by atoms with Gasteiger partial charge in [-0.3, -0.25) is 9.59 Å². The van der Waals surface area contributed by atoms with Gasteiger partial charge in [-0.2, -0.15) is 0 Å². The zero-order valence-corrected chi connectivity index (χ0v) is 16.1. The van der Waals surface area contributed by atoms with Crippen LogP contribution < -0.4 is 10.5 Å². The van der Waals surface area contributed by atoms with Crippen LogP contribution in [-0.2, 0) is 11.3 Å². The Morgan fingerprint density at radius 1 is 1.17 bits per heavy atom. The first-order valence-corrected chi connectivity index (χ1v) is 9.43. The molecule has 1 saturated heterocycles. The third-order valence-electron chi connectivity index (χ3n) is 4.16. The van der Waals surface area contributed by atoms with E-state index in [0.29, 0.717) is 30.2 Å². The molecule has 1 aliphatic rings. The lowest BCUT2D eigenvalue weighted by Crippen LogP contribution is -2.33. The molecule has 1 aliphatic heterocycles. The van der Waals surface area contributed by atoms with Gasteiger partial charge in [-0.05, 0) is 29.8 Å². The van der Waals surface area contributed by atoms with Gasteiger partial charge in [-0.15, -0.1) is 18.5 Å². The molecule has 0 saturated carbocycles. The molecule has 0 spiro atoms. The summed E-state index contributed by atoms with van der Waals surface area (Å²) >= 11 is 5.93. The molecule has 3 rings (SSSR count). The van der Waals surface area contributed by atoms with E-state index in [1.54, 1.807) is 21.7 Å². The largest absolute Gasteiger partial charge is 0.313 e. The lowest BCUT2D eigenvalue weighted by Gasteiger charge is -2.18. The molecular weight excluding hydrogens is 362 g/mol. The normalized spacial score (nSPS) is 17.8. The first-order chi connectivity index (χ1) is 11.5. The quantitative estimate of drug-likeness (QED) is 0.765. The van der Waals surface area contributed by atoms with Gasteiger partial charge in [0.1, 0.15) is 5.69 Å². The summed E-state index contributed by atoms with van der Waals surface area (Å²) in [5, 5.41) is 0.879. The second-order valence-corrected chi connectivity index (χ2v) is 8.89. The molecule has 2 unspecified atom stereocenters. The number of halogens is 1. The van der Waals surface area contributed by atoms with Gasteiger partial charge in [0.25, 0.3) is 5.56 Å². The molecule has 0 bridgehead atoms. The van der Waals surface area contributed by atoms with E-state index in [0.717, 1.165) is 5.56 Å². The van der Waals surface area contributed by atoms with Gasteiger partial charge >= 0.3 is 0 Å². The van der Waals surface area contributed by atoms with E-state index in [2.05, 4.69) is 18.5 Å². The molecule has 1 amide bonds. The maximum absolute atomic E-state index is 12.7. The van der Waals surface area contributed by atoms with E-state index >= 15 is 0 Å². The number of carbonyl (C=O) groups is 1.